The third kappa shape index (κ3) is 4.79. The number of benzene rings is 1. The largest absolute Gasteiger partial charge is 0.449 e. The van der Waals surface area contributed by atoms with Gasteiger partial charge in [-0.05, 0) is 82.4 Å². The topological polar surface area (TPSA) is 110 Å². The zero-order chi connectivity index (χ0) is 26.5. The molecule has 8 nitrogen and oxygen atoms in total. The molecule has 1 amide bonds. The molecule has 2 N–H and O–H groups in total. The van der Waals surface area contributed by atoms with Crippen LogP contribution in [0.1, 0.15) is 88.4 Å². The number of halogens is 1. The molecule has 1 aromatic carbocycles. The van der Waals surface area contributed by atoms with Gasteiger partial charge in [-0.3, -0.25) is 5.32 Å². The second-order valence-corrected chi connectivity index (χ2v) is 11.9. The summed E-state index contributed by atoms with van der Waals surface area (Å²) in [6.45, 7) is 3.72. The summed E-state index contributed by atoms with van der Waals surface area (Å²) in [5, 5.41) is 17.0. The SMILES string of the molecule is CC(C)(O)c1ccc(-c2cc(NC(=O)OCC34CCC(c5nc(C6CC6)no5)(CC3)CC4)ncc2F)cc1. The van der Waals surface area contributed by atoms with Crippen LogP contribution in [0.15, 0.2) is 41.1 Å². The number of anilines is 1. The molecule has 38 heavy (non-hydrogen) atoms. The summed E-state index contributed by atoms with van der Waals surface area (Å²) in [7, 11) is 0. The second-order valence-electron chi connectivity index (χ2n) is 11.9. The average Bonchev–Trinajstić information content (AvgIpc) is 3.65. The Hall–Kier alpha value is -3.33. The van der Waals surface area contributed by atoms with Crippen molar-refractivity contribution in [2.75, 3.05) is 11.9 Å². The molecule has 4 fully saturated rings. The van der Waals surface area contributed by atoms with Crippen molar-refractivity contribution in [1.82, 2.24) is 15.1 Å². The van der Waals surface area contributed by atoms with Gasteiger partial charge in [-0.15, -0.1) is 0 Å². The third-order valence-corrected chi connectivity index (χ3v) is 8.74. The molecule has 3 aromatic rings. The highest BCUT2D eigenvalue weighted by Crippen LogP contribution is 2.57. The number of carbonyl (C=O) groups is 1. The van der Waals surface area contributed by atoms with Gasteiger partial charge in [-0.1, -0.05) is 29.4 Å². The van der Waals surface area contributed by atoms with Crippen LogP contribution in [0.2, 0.25) is 0 Å². The van der Waals surface area contributed by atoms with E-state index in [1.807, 2.05) is 0 Å². The minimum atomic E-state index is -0.990. The van der Waals surface area contributed by atoms with Crippen molar-refractivity contribution in [2.24, 2.45) is 5.41 Å². The molecule has 4 saturated carbocycles. The minimum absolute atomic E-state index is 0.0380. The van der Waals surface area contributed by atoms with Crippen LogP contribution in [0, 0.1) is 11.2 Å². The predicted octanol–water partition coefficient (Wildman–Crippen LogP) is 6.22. The number of carbonyl (C=O) groups excluding carboxylic acids is 1. The number of ether oxygens (including phenoxy) is 1. The zero-order valence-corrected chi connectivity index (χ0v) is 21.8. The van der Waals surface area contributed by atoms with Crippen molar-refractivity contribution in [2.45, 2.75) is 82.1 Å². The first kappa shape index (κ1) is 25.0. The highest BCUT2D eigenvalue weighted by molar-refractivity contribution is 5.84. The van der Waals surface area contributed by atoms with Crippen LogP contribution >= 0.6 is 0 Å². The van der Waals surface area contributed by atoms with Crippen LogP contribution in [0.25, 0.3) is 11.1 Å². The first-order chi connectivity index (χ1) is 18.1. The van der Waals surface area contributed by atoms with Crippen LogP contribution < -0.4 is 5.32 Å². The standard InChI is InChI=1S/C29H33FN4O4/c1-27(2,36)20-7-5-18(6-8-20)21-15-23(31-16-22(21)30)32-26(35)37-17-28-9-12-29(13-10-28,14-11-28)25-33-24(34-38-25)19-3-4-19/h5-8,15-16,19,36H,3-4,9-14,17H2,1-2H3,(H,31,32,35). The van der Waals surface area contributed by atoms with Gasteiger partial charge in [0.15, 0.2) is 5.82 Å². The van der Waals surface area contributed by atoms with E-state index in [1.54, 1.807) is 38.1 Å². The monoisotopic (exact) mass is 520 g/mol. The summed E-state index contributed by atoms with van der Waals surface area (Å²) >= 11 is 0. The number of pyridine rings is 1. The van der Waals surface area contributed by atoms with E-state index >= 15 is 0 Å². The smallest absolute Gasteiger partial charge is 0.412 e. The van der Waals surface area contributed by atoms with Crippen LogP contribution in [-0.2, 0) is 15.8 Å². The molecule has 0 atom stereocenters. The lowest BCUT2D eigenvalue weighted by molar-refractivity contribution is -0.0211. The Bertz CT molecular complexity index is 1320. The fourth-order valence-electron chi connectivity index (χ4n) is 5.90. The van der Waals surface area contributed by atoms with Crippen molar-refractivity contribution >= 4 is 11.9 Å². The summed E-state index contributed by atoms with van der Waals surface area (Å²) in [5.74, 6) is 1.84. The third-order valence-electron chi connectivity index (χ3n) is 8.74. The van der Waals surface area contributed by atoms with E-state index in [1.165, 1.54) is 6.07 Å². The van der Waals surface area contributed by atoms with Gasteiger partial charge in [0.2, 0.25) is 5.89 Å². The Labute approximate surface area is 221 Å². The number of hydrogen-bond acceptors (Lipinski definition) is 7. The molecule has 0 aliphatic heterocycles. The van der Waals surface area contributed by atoms with Gasteiger partial charge in [0, 0.05) is 22.3 Å². The number of aliphatic hydroxyl groups is 1. The lowest BCUT2D eigenvalue weighted by Gasteiger charge is -2.51. The van der Waals surface area contributed by atoms with E-state index in [4.69, 9.17) is 14.2 Å². The maximum atomic E-state index is 14.5. The molecule has 4 aliphatic carbocycles. The average molecular weight is 521 g/mol. The van der Waals surface area contributed by atoms with Crippen molar-refractivity contribution in [3.8, 4) is 11.1 Å². The predicted molar refractivity (Wildman–Crippen MR) is 138 cm³/mol. The number of fused-ring (bicyclic) bond motifs is 3. The molecule has 0 unspecified atom stereocenters. The summed E-state index contributed by atoms with van der Waals surface area (Å²) in [6, 6.07) is 8.47. The summed E-state index contributed by atoms with van der Waals surface area (Å²) in [4.78, 5) is 21.4. The molecule has 2 heterocycles. The lowest BCUT2D eigenvalue weighted by atomic mass is 9.54. The molecule has 0 saturated heterocycles. The number of hydrogen-bond donors (Lipinski definition) is 2. The van der Waals surface area contributed by atoms with Gasteiger partial charge < -0.3 is 14.4 Å². The number of rotatable bonds is 7. The Morgan fingerprint density at radius 2 is 1.84 bits per heavy atom. The Balaban J connectivity index is 1.06. The highest BCUT2D eigenvalue weighted by atomic mass is 19.1. The fourth-order valence-corrected chi connectivity index (χ4v) is 5.90. The lowest BCUT2D eigenvalue weighted by Crippen LogP contribution is -2.46. The molecule has 2 bridgehead atoms. The molecule has 7 rings (SSSR count). The fraction of sp³-hybridized carbons (Fsp3) is 0.517. The van der Waals surface area contributed by atoms with E-state index in [2.05, 4.69) is 15.5 Å². The van der Waals surface area contributed by atoms with Gasteiger partial charge in [0.25, 0.3) is 0 Å². The van der Waals surface area contributed by atoms with Crippen molar-refractivity contribution in [3.63, 3.8) is 0 Å². The van der Waals surface area contributed by atoms with Gasteiger partial charge >= 0.3 is 6.09 Å². The van der Waals surface area contributed by atoms with Crippen molar-refractivity contribution in [1.29, 1.82) is 0 Å². The van der Waals surface area contributed by atoms with E-state index in [9.17, 15) is 14.3 Å². The van der Waals surface area contributed by atoms with Gasteiger partial charge in [0.05, 0.1) is 18.4 Å². The number of amides is 1. The van der Waals surface area contributed by atoms with Crippen molar-refractivity contribution in [3.05, 3.63) is 59.6 Å². The quantitative estimate of drug-likeness (QED) is 0.381. The highest BCUT2D eigenvalue weighted by Gasteiger charge is 2.53. The minimum Gasteiger partial charge on any atom is -0.449 e. The summed E-state index contributed by atoms with van der Waals surface area (Å²) in [5.41, 5.74) is 0.575. The molecular weight excluding hydrogens is 487 g/mol. The van der Waals surface area contributed by atoms with Crippen LogP contribution in [0.5, 0.6) is 0 Å². The summed E-state index contributed by atoms with van der Waals surface area (Å²) < 4.78 is 25.9. The van der Waals surface area contributed by atoms with E-state index < -0.39 is 17.5 Å². The van der Waals surface area contributed by atoms with Crippen molar-refractivity contribution < 1.29 is 23.6 Å². The Morgan fingerprint density at radius 3 is 2.47 bits per heavy atom. The first-order valence-corrected chi connectivity index (χ1v) is 13.4. The van der Waals surface area contributed by atoms with Gasteiger partial charge in [-0.2, -0.15) is 4.98 Å². The molecular formula is C29H33FN4O4. The normalized spacial score (nSPS) is 24.8. The molecule has 200 valence electrons. The molecule has 9 heteroatoms. The maximum Gasteiger partial charge on any atom is 0.412 e. The molecule has 0 radical (unpaired) electrons. The molecule has 0 spiro atoms. The number of nitrogens with one attached hydrogen (secondary N) is 1. The van der Waals surface area contributed by atoms with Gasteiger partial charge in [-0.25, -0.2) is 14.2 Å². The first-order valence-electron chi connectivity index (χ1n) is 13.4. The Morgan fingerprint density at radius 1 is 1.16 bits per heavy atom. The van der Waals surface area contributed by atoms with Crippen LogP contribution in [-0.4, -0.2) is 32.9 Å². The zero-order valence-electron chi connectivity index (χ0n) is 21.8. The van der Waals surface area contributed by atoms with Gasteiger partial charge in [0.1, 0.15) is 11.6 Å². The van der Waals surface area contributed by atoms with Crippen LogP contribution in [0.4, 0.5) is 15.0 Å². The number of nitrogens with zero attached hydrogens (tertiary/aromatic N) is 3. The number of aromatic nitrogens is 3. The summed E-state index contributed by atoms with van der Waals surface area (Å²) in [6.07, 6.45) is 8.50. The maximum absolute atomic E-state index is 14.5. The molecule has 4 aliphatic rings. The van der Waals surface area contributed by atoms with Crippen LogP contribution in [0.3, 0.4) is 0 Å². The second kappa shape index (κ2) is 9.15. The Kier molecular flexibility index (Phi) is 6.01. The van der Waals surface area contributed by atoms with E-state index in [-0.39, 0.29) is 16.6 Å². The molecule has 2 aromatic heterocycles. The van der Waals surface area contributed by atoms with E-state index in [0.717, 1.165) is 74.8 Å². The van der Waals surface area contributed by atoms with E-state index in [0.29, 0.717) is 23.7 Å².